The molecule has 0 spiro atoms. The molecule has 0 radical (unpaired) electrons. The van der Waals surface area contributed by atoms with Crippen LogP contribution in [0.15, 0.2) is 35.7 Å². The number of benzene rings is 1. The van der Waals surface area contributed by atoms with E-state index in [-0.39, 0.29) is 11.8 Å². The third-order valence-corrected chi connectivity index (χ3v) is 4.64. The van der Waals surface area contributed by atoms with Crippen LogP contribution in [0.2, 0.25) is 0 Å². The van der Waals surface area contributed by atoms with Crippen LogP contribution in [-0.4, -0.2) is 31.4 Å². The first-order valence-corrected chi connectivity index (χ1v) is 9.38. The van der Waals surface area contributed by atoms with E-state index in [9.17, 15) is 9.59 Å². The second-order valence-electron chi connectivity index (χ2n) is 6.00. The predicted octanol–water partition coefficient (Wildman–Crippen LogP) is 3.46. The fourth-order valence-corrected chi connectivity index (χ4v) is 3.10. The molecule has 0 saturated carbocycles. The van der Waals surface area contributed by atoms with E-state index in [1.807, 2.05) is 31.2 Å². The first-order valence-electron chi connectivity index (χ1n) is 8.50. The average molecular weight is 359 g/mol. The van der Waals surface area contributed by atoms with E-state index < -0.39 is 0 Å². The zero-order chi connectivity index (χ0) is 18.2. The highest BCUT2D eigenvalue weighted by atomic mass is 32.1. The molecular formula is C19H25N3O2S. The van der Waals surface area contributed by atoms with Crippen molar-refractivity contribution in [2.75, 3.05) is 25.0 Å². The Labute approximate surface area is 152 Å². The minimum atomic E-state index is -0.209. The van der Waals surface area contributed by atoms with Crippen LogP contribution in [0.3, 0.4) is 0 Å². The minimum absolute atomic E-state index is 0.176. The molecule has 0 bridgehead atoms. The Hall–Kier alpha value is -2.18. The molecule has 3 N–H and O–H groups in total. The van der Waals surface area contributed by atoms with Crippen LogP contribution in [0.4, 0.5) is 5.00 Å². The molecule has 2 rings (SSSR count). The predicted molar refractivity (Wildman–Crippen MR) is 104 cm³/mol. The van der Waals surface area contributed by atoms with Gasteiger partial charge >= 0.3 is 0 Å². The number of amides is 2. The van der Waals surface area contributed by atoms with E-state index in [0.717, 1.165) is 13.1 Å². The van der Waals surface area contributed by atoms with Crippen LogP contribution in [0.1, 0.15) is 53.0 Å². The van der Waals surface area contributed by atoms with Crippen molar-refractivity contribution in [3.8, 4) is 0 Å². The van der Waals surface area contributed by atoms with Gasteiger partial charge in [-0.3, -0.25) is 9.59 Å². The van der Waals surface area contributed by atoms with Crippen molar-refractivity contribution < 1.29 is 9.59 Å². The normalized spacial score (nSPS) is 10.7. The van der Waals surface area contributed by atoms with E-state index in [0.29, 0.717) is 28.6 Å². The average Bonchev–Trinajstić information content (AvgIpc) is 3.06. The summed E-state index contributed by atoms with van der Waals surface area (Å²) >= 11 is 1.34. The molecule has 0 aliphatic heterocycles. The lowest BCUT2D eigenvalue weighted by Crippen LogP contribution is -2.32. The van der Waals surface area contributed by atoms with Gasteiger partial charge < -0.3 is 16.0 Å². The molecule has 1 aromatic carbocycles. The monoisotopic (exact) mass is 359 g/mol. The zero-order valence-electron chi connectivity index (χ0n) is 14.9. The van der Waals surface area contributed by atoms with Gasteiger partial charge in [0.15, 0.2) is 0 Å². The number of rotatable bonds is 8. The summed E-state index contributed by atoms with van der Waals surface area (Å²) in [5, 5.41) is 11.2. The second kappa shape index (κ2) is 9.34. The molecule has 1 heterocycles. The van der Waals surface area contributed by atoms with Crippen LogP contribution < -0.4 is 16.0 Å². The Bertz CT molecular complexity index is 708. The van der Waals surface area contributed by atoms with E-state index in [2.05, 4.69) is 29.8 Å². The molecule has 0 atom stereocenters. The quantitative estimate of drug-likeness (QED) is 0.632. The van der Waals surface area contributed by atoms with Crippen LogP contribution in [-0.2, 0) is 0 Å². The van der Waals surface area contributed by atoms with Gasteiger partial charge in [0, 0.05) is 18.7 Å². The molecule has 0 fully saturated rings. The van der Waals surface area contributed by atoms with E-state index in [1.165, 1.54) is 16.9 Å². The van der Waals surface area contributed by atoms with Gasteiger partial charge in [-0.05, 0) is 41.6 Å². The van der Waals surface area contributed by atoms with Crippen LogP contribution in [0.5, 0.6) is 0 Å². The number of thiophene rings is 1. The Balaban J connectivity index is 1.99. The maximum absolute atomic E-state index is 12.4. The molecule has 0 saturated heterocycles. The molecule has 0 aliphatic rings. The van der Waals surface area contributed by atoms with Gasteiger partial charge in [0.1, 0.15) is 5.00 Å². The molecule has 134 valence electrons. The smallest absolute Gasteiger partial charge is 0.256 e. The first-order chi connectivity index (χ1) is 12.0. The fourth-order valence-electron chi connectivity index (χ4n) is 2.32. The molecule has 5 nitrogen and oxygen atoms in total. The maximum Gasteiger partial charge on any atom is 0.256 e. The summed E-state index contributed by atoms with van der Waals surface area (Å²) in [7, 11) is 0. The summed E-state index contributed by atoms with van der Waals surface area (Å²) < 4.78 is 0. The van der Waals surface area contributed by atoms with Crippen molar-refractivity contribution >= 4 is 28.2 Å². The third kappa shape index (κ3) is 5.41. The maximum atomic E-state index is 12.4. The molecule has 2 amide bonds. The topological polar surface area (TPSA) is 70.2 Å². The van der Waals surface area contributed by atoms with Gasteiger partial charge in [0.25, 0.3) is 11.8 Å². The SMILES string of the molecule is CCNCCNC(=O)c1ccsc1NC(=O)c1ccc(C(C)C)cc1. The molecule has 25 heavy (non-hydrogen) atoms. The lowest BCUT2D eigenvalue weighted by Gasteiger charge is -2.09. The van der Waals surface area contributed by atoms with Crippen molar-refractivity contribution in [1.82, 2.24) is 10.6 Å². The number of hydrogen-bond donors (Lipinski definition) is 3. The summed E-state index contributed by atoms with van der Waals surface area (Å²) in [5.41, 5.74) is 2.26. The molecule has 6 heteroatoms. The summed E-state index contributed by atoms with van der Waals surface area (Å²) in [6, 6.07) is 9.28. The molecule has 0 unspecified atom stereocenters. The van der Waals surface area contributed by atoms with Crippen molar-refractivity contribution in [1.29, 1.82) is 0 Å². The minimum Gasteiger partial charge on any atom is -0.351 e. The van der Waals surface area contributed by atoms with Crippen molar-refractivity contribution in [3.05, 3.63) is 52.4 Å². The Morgan fingerprint density at radius 1 is 1.04 bits per heavy atom. The summed E-state index contributed by atoms with van der Waals surface area (Å²) in [5.74, 6) is 0.0379. The van der Waals surface area contributed by atoms with E-state index in [1.54, 1.807) is 11.4 Å². The number of anilines is 1. The molecule has 1 aromatic heterocycles. The van der Waals surface area contributed by atoms with Crippen molar-refractivity contribution in [3.63, 3.8) is 0 Å². The Morgan fingerprint density at radius 3 is 2.40 bits per heavy atom. The molecule has 2 aromatic rings. The number of nitrogens with one attached hydrogen (secondary N) is 3. The largest absolute Gasteiger partial charge is 0.351 e. The van der Waals surface area contributed by atoms with Crippen LogP contribution in [0, 0.1) is 0 Å². The summed E-state index contributed by atoms with van der Waals surface area (Å²) in [6.45, 7) is 8.37. The number of carbonyl (C=O) groups is 2. The highest BCUT2D eigenvalue weighted by Crippen LogP contribution is 2.24. The lowest BCUT2D eigenvalue weighted by atomic mass is 10.0. The highest BCUT2D eigenvalue weighted by Gasteiger charge is 2.15. The third-order valence-electron chi connectivity index (χ3n) is 3.81. The van der Waals surface area contributed by atoms with E-state index in [4.69, 9.17) is 0 Å². The van der Waals surface area contributed by atoms with Crippen LogP contribution in [0.25, 0.3) is 0 Å². The van der Waals surface area contributed by atoms with Gasteiger partial charge in [0.2, 0.25) is 0 Å². The summed E-state index contributed by atoms with van der Waals surface area (Å²) in [6.07, 6.45) is 0. The number of carbonyl (C=O) groups excluding carboxylic acids is 2. The van der Waals surface area contributed by atoms with Gasteiger partial charge in [-0.15, -0.1) is 11.3 Å². The van der Waals surface area contributed by atoms with Gasteiger partial charge in [-0.1, -0.05) is 32.9 Å². The number of hydrogen-bond acceptors (Lipinski definition) is 4. The highest BCUT2D eigenvalue weighted by molar-refractivity contribution is 7.14. The summed E-state index contributed by atoms with van der Waals surface area (Å²) in [4.78, 5) is 24.7. The Kier molecular flexibility index (Phi) is 7.16. The Morgan fingerprint density at radius 2 is 1.76 bits per heavy atom. The molecular weight excluding hydrogens is 334 g/mol. The molecule has 0 aliphatic carbocycles. The first kappa shape index (κ1) is 19.1. The van der Waals surface area contributed by atoms with E-state index >= 15 is 0 Å². The number of likely N-dealkylation sites (N-methyl/N-ethyl adjacent to an activating group) is 1. The standard InChI is InChI=1S/C19H25N3O2S/c1-4-20-10-11-21-18(24)16-9-12-25-19(16)22-17(23)15-7-5-14(6-8-15)13(2)3/h5-9,12-13,20H,4,10-11H2,1-3H3,(H,21,24)(H,22,23). The van der Waals surface area contributed by atoms with Gasteiger partial charge in [-0.2, -0.15) is 0 Å². The lowest BCUT2D eigenvalue weighted by molar-refractivity contribution is 0.0955. The van der Waals surface area contributed by atoms with Crippen LogP contribution >= 0.6 is 11.3 Å². The van der Waals surface area contributed by atoms with Gasteiger partial charge in [-0.25, -0.2) is 0 Å². The second-order valence-corrected chi connectivity index (χ2v) is 6.92. The van der Waals surface area contributed by atoms with Crippen molar-refractivity contribution in [2.45, 2.75) is 26.7 Å². The van der Waals surface area contributed by atoms with Gasteiger partial charge in [0.05, 0.1) is 5.56 Å². The van der Waals surface area contributed by atoms with Crippen molar-refractivity contribution in [2.24, 2.45) is 0 Å². The fraction of sp³-hybridized carbons (Fsp3) is 0.368. The zero-order valence-corrected chi connectivity index (χ0v) is 15.7.